The van der Waals surface area contributed by atoms with Gasteiger partial charge < -0.3 is 14.6 Å². The van der Waals surface area contributed by atoms with Crippen molar-refractivity contribution in [2.75, 3.05) is 10.4 Å². The number of aryl methyl sites for hydroxylation is 3. The number of benzene rings is 2. The van der Waals surface area contributed by atoms with E-state index in [4.69, 9.17) is 9.52 Å². The van der Waals surface area contributed by atoms with Crippen LogP contribution in [0.2, 0.25) is 0 Å². The van der Waals surface area contributed by atoms with Gasteiger partial charge in [0.2, 0.25) is 5.76 Å². The van der Waals surface area contributed by atoms with Crippen molar-refractivity contribution in [3.63, 3.8) is 0 Å². The van der Waals surface area contributed by atoms with E-state index in [1.807, 2.05) is 25.1 Å². The molecule has 0 saturated carbocycles. The molecule has 34 heavy (non-hydrogen) atoms. The minimum absolute atomic E-state index is 0.133. The van der Waals surface area contributed by atoms with E-state index in [-0.39, 0.29) is 34.6 Å². The van der Waals surface area contributed by atoms with Crippen LogP contribution >= 0.6 is 0 Å². The molecule has 9 heteroatoms. The maximum atomic E-state index is 13.1. The number of phenols is 1. The molecule has 0 atom stereocenters. The molecule has 2 aromatic carbocycles. The number of carboxylic acids is 1. The zero-order valence-corrected chi connectivity index (χ0v) is 18.6. The third-order valence-corrected chi connectivity index (χ3v) is 5.94. The number of rotatable bonds is 5. The van der Waals surface area contributed by atoms with Gasteiger partial charge in [-0.15, -0.1) is 0 Å². The molecule has 0 unspecified atom stereocenters. The maximum absolute atomic E-state index is 13.1. The van der Waals surface area contributed by atoms with E-state index in [2.05, 4.69) is 15.6 Å². The summed E-state index contributed by atoms with van der Waals surface area (Å²) < 4.78 is 5.33. The fourth-order valence-electron chi connectivity index (χ4n) is 4.26. The molecule has 172 valence electrons. The Labute approximate surface area is 195 Å². The number of fused-ring (bicyclic) bond motifs is 1. The molecule has 3 aromatic rings. The van der Waals surface area contributed by atoms with E-state index in [0.29, 0.717) is 17.0 Å². The number of hydrogen-bond donors (Lipinski definition) is 3. The Balaban J connectivity index is 1.42. The number of aromatic hydroxyl groups is 1. The van der Waals surface area contributed by atoms with Crippen LogP contribution in [-0.2, 0) is 17.6 Å². The number of hydrogen-bond acceptors (Lipinski definition) is 7. The number of carbonyl (C=O) groups excluding carboxylic acids is 1. The number of carbonyl (C=O) groups is 2. The van der Waals surface area contributed by atoms with Gasteiger partial charge in [-0.1, -0.05) is 6.07 Å². The molecule has 5 rings (SSSR count). The van der Waals surface area contributed by atoms with Crippen LogP contribution in [0.25, 0.3) is 11.3 Å². The number of furan rings is 1. The van der Waals surface area contributed by atoms with Crippen LogP contribution in [0.1, 0.15) is 40.6 Å². The second kappa shape index (κ2) is 8.18. The molecule has 0 fully saturated rings. The van der Waals surface area contributed by atoms with Crippen LogP contribution in [0, 0.1) is 6.92 Å². The van der Waals surface area contributed by atoms with Gasteiger partial charge in [0.25, 0.3) is 0 Å². The van der Waals surface area contributed by atoms with Gasteiger partial charge in [0.1, 0.15) is 5.76 Å². The molecule has 0 spiro atoms. The van der Waals surface area contributed by atoms with Crippen molar-refractivity contribution in [3.8, 4) is 17.1 Å². The Hall–Kier alpha value is -4.40. The van der Waals surface area contributed by atoms with Crippen LogP contribution in [0.15, 0.2) is 57.1 Å². The Bertz CT molecular complexity index is 1400. The number of carboxylic acid groups (broad SMARTS) is 1. The average Bonchev–Trinajstić information content (AvgIpc) is 3.53. The summed E-state index contributed by atoms with van der Waals surface area (Å²) >= 11 is 0. The zero-order chi connectivity index (χ0) is 24.0. The summed E-state index contributed by atoms with van der Waals surface area (Å²) in [6.45, 7) is 3.51. The SMILES string of the molecule is CC1=NN(c2ccc3c(c2)CCC3)C(=O)C1=NNc1cc(C)cc(-c2ccc(C(=O)O)o2)c1O. The van der Waals surface area contributed by atoms with E-state index in [1.54, 1.807) is 19.1 Å². The first-order chi connectivity index (χ1) is 16.3. The molecule has 0 radical (unpaired) electrons. The van der Waals surface area contributed by atoms with E-state index in [9.17, 15) is 14.7 Å². The van der Waals surface area contributed by atoms with Crippen molar-refractivity contribution < 1.29 is 24.2 Å². The highest BCUT2D eigenvalue weighted by Crippen LogP contribution is 2.38. The maximum Gasteiger partial charge on any atom is 0.371 e. The van der Waals surface area contributed by atoms with Gasteiger partial charge >= 0.3 is 11.9 Å². The summed E-state index contributed by atoms with van der Waals surface area (Å²) in [6, 6.07) is 12.1. The number of amides is 1. The third-order valence-electron chi connectivity index (χ3n) is 5.94. The van der Waals surface area contributed by atoms with Crippen molar-refractivity contribution in [3.05, 3.63) is 64.9 Å². The van der Waals surface area contributed by atoms with Crippen molar-refractivity contribution >= 4 is 34.7 Å². The van der Waals surface area contributed by atoms with E-state index in [0.717, 1.165) is 24.8 Å². The smallest absolute Gasteiger partial charge is 0.371 e. The van der Waals surface area contributed by atoms with Crippen LogP contribution in [0.5, 0.6) is 5.75 Å². The van der Waals surface area contributed by atoms with E-state index >= 15 is 0 Å². The molecule has 0 saturated heterocycles. The Morgan fingerprint density at radius 3 is 2.68 bits per heavy atom. The zero-order valence-electron chi connectivity index (χ0n) is 18.6. The Kier molecular flexibility index (Phi) is 5.16. The lowest BCUT2D eigenvalue weighted by Crippen LogP contribution is -2.28. The minimum atomic E-state index is -1.20. The van der Waals surface area contributed by atoms with Crippen LogP contribution in [-0.4, -0.2) is 33.5 Å². The molecule has 1 amide bonds. The molecule has 1 aliphatic heterocycles. The lowest BCUT2D eigenvalue weighted by molar-refractivity contribution is -0.112. The summed E-state index contributed by atoms with van der Waals surface area (Å²) in [6.07, 6.45) is 3.17. The predicted octanol–water partition coefficient (Wildman–Crippen LogP) is 4.34. The number of aromatic carboxylic acids is 1. The number of nitrogens with one attached hydrogen (secondary N) is 1. The fraction of sp³-hybridized carbons (Fsp3) is 0.200. The first-order valence-corrected chi connectivity index (χ1v) is 10.8. The minimum Gasteiger partial charge on any atom is -0.505 e. The van der Waals surface area contributed by atoms with Gasteiger partial charge in [-0.05, 0) is 86.2 Å². The van der Waals surface area contributed by atoms with Crippen molar-refractivity contribution in [1.29, 1.82) is 0 Å². The molecule has 1 aromatic heterocycles. The van der Waals surface area contributed by atoms with Crippen molar-refractivity contribution in [2.24, 2.45) is 10.2 Å². The Morgan fingerprint density at radius 2 is 1.91 bits per heavy atom. The van der Waals surface area contributed by atoms with E-state index in [1.165, 1.54) is 28.3 Å². The number of phenolic OH excluding ortho intramolecular Hbond substituents is 1. The van der Waals surface area contributed by atoms with Gasteiger partial charge in [0.15, 0.2) is 11.5 Å². The summed E-state index contributed by atoms with van der Waals surface area (Å²) in [7, 11) is 0. The van der Waals surface area contributed by atoms with Gasteiger partial charge in [-0.2, -0.15) is 15.2 Å². The van der Waals surface area contributed by atoms with E-state index < -0.39 is 5.97 Å². The van der Waals surface area contributed by atoms with Crippen molar-refractivity contribution in [2.45, 2.75) is 33.1 Å². The number of hydrazone groups is 2. The lowest BCUT2D eigenvalue weighted by atomic mass is 10.1. The summed E-state index contributed by atoms with van der Waals surface area (Å²) in [5.41, 5.74) is 7.90. The predicted molar refractivity (Wildman–Crippen MR) is 128 cm³/mol. The fourth-order valence-corrected chi connectivity index (χ4v) is 4.26. The molecular weight excluding hydrogens is 436 g/mol. The molecule has 2 heterocycles. The Morgan fingerprint density at radius 1 is 1.12 bits per heavy atom. The standard InChI is InChI=1S/C25H22N4O5/c1-13-10-18(20-8-9-21(34-20)25(32)33)23(30)19(11-13)26-27-22-14(2)28-29(24(22)31)17-7-6-15-4-3-5-16(15)12-17/h6-12,26,30H,3-5H2,1-2H3,(H,32,33). The number of nitrogens with zero attached hydrogens (tertiary/aromatic N) is 3. The first-order valence-electron chi connectivity index (χ1n) is 10.8. The van der Waals surface area contributed by atoms with Crippen molar-refractivity contribution in [1.82, 2.24) is 0 Å². The summed E-state index contributed by atoms with van der Waals surface area (Å²) in [4.78, 5) is 24.2. The molecule has 3 N–H and O–H groups in total. The third kappa shape index (κ3) is 3.71. The highest BCUT2D eigenvalue weighted by molar-refractivity contribution is 6.71. The quantitative estimate of drug-likeness (QED) is 0.386. The second-order valence-electron chi connectivity index (χ2n) is 8.36. The molecule has 9 nitrogen and oxygen atoms in total. The monoisotopic (exact) mass is 458 g/mol. The van der Waals surface area contributed by atoms with Crippen LogP contribution < -0.4 is 10.4 Å². The first kappa shape index (κ1) is 21.4. The van der Waals surface area contributed by atoms with Gasteiger partial charge in [0.05, 0.1) is 22.6 Å². The lowest BCUT2D eigenvalue weighted by Gasteiger charge is -2.13. The van der Waals surface area contributed by atoms with Gasteiger partial charge in [0, 0.05) is 0 Å². The topological polar surface area (TPSA) is 128 Å². The summed E-state index contributed by atoms with van der Waals surface area (Å²) in [5.74, 6) is -1.79. The highest BCUT2D eigenvalue weighted by atomic mass is 16.4. The molecular formula is C25H22N4O5. The highest BCUT2D eigenvalue weighted by Gasteiger charge is 2.31. The average molecular weight is 458 g/mol. The van der Waals surface area contributed by atoms with Crippen LogP contribution in [0.4, 0.5) is 11.4 Å². The summed E-state index contributed by atoms with van der Waals surface area (Å²) in [5, 5.41) is 29.8. The van der Waals surface area contributed by atoms with Crippen LogP contribution in [0.3, 0.4) is 0 Å². The van der Waals surface area contributed by atoms with Gasteiger partial charge in [-0.3, -0.25) is 10.2 Å². The molecule has 2 aliphatic rings. The second-order valence-corrected chi connectivity index (χ2v) is 8.36. The molecule has 1 aliphatic carbocycles. The normalized spacial score (nSPS) is 16.2. The number of anilines is 2. The largest absolute Gasteiger partial charge is 0.505 e. The molecule has 0 bridgehead atoms. The van der Waals surface area contributed by atoms with Gasteiger partial charge in [-0.25, -0.2) is 4.79 Å².